The number of aromatic nitrogens is 1. The number of rotatable bonds is 6. The van der Waals surface area contributed by atoms with Gasteiger partial charge in [-0.05, 0) is 25.0 Å². The van der Waals surface area contributed by atoms with Gasteiger partial charge in [-0.2, -0.15) is 0 Å². The van der Waals surface area contributed by atoms with Crippen LogP contribution in [0.2, 0.25) is 0 Å². The van der Waals surface area contributed by atoms with E-state index in [-0.39, 0.29) is 5.91 Å². The van der Waals surface area contributed by atoms with Gasteiger partial charge in [0.25, 0.3) is 5.91 Å². The van der Waals surface area contributed by atoms with Crippen molar-refractivity contribution in [1.29, 1.82) is 0 Å². The number of pyridine rings is 1. The molecule has 1 N–H and O–H groups in total. The van der Waals surface area contributed by atoms with Gasteiger partial charge in [0.2, 0.25) is 0 Å². The Morgan fingerprint density at radius 3 is 2.61 bits per heavy atom. The quantitative estimate of drug-likeness (QED) is 0.843. The van der Waals surface area contributed by atoms with Gasteiger partial charge in [-0.1, -0.05) is 20.3 Å². The van der Waals surface area contributed by atoms with Crippen molar-refractivity contribution < 1.29 is 4.79 Å². The zero-order chi connectivity index (χ0) is 13.5. The molecule has 0 aliphatic rings. The van der Waals surface area contributed by atoms with Crippen molar-refractivity contribution in [2.75, 3.05) is 25.5 Å². The number of carbonyl (C=O) groups excluding carboxylic acids is 1. The second-order valence-electron chi connectivity index (χ2n) is 4.54. The van der Waals surface area contributed by atoms with E-state index in [1.807, 2.05) is 24.9 Å². The molecular formula is C14H23N3O. The Bertz CT molecular complexity index is 375. The first-order valence-corrected chi connectivity index (χ1v) is 6.55. The van der Waals surface area contributed by atoms with E-state index in [2.05, 4.69) is 24.1 Å². The van der Waals surface area contributed by atoms with Crippen LogP contribution in [0.5, 0.6) is 0 Å². The second-order valence-corrected chi connectivity index (χ2v) is 4.54. The molecule has 1 heterocycles. The highest BCUT2D eigenvalue weighted by Gasteiger charge is 2.17. The zero-order valence-electron chi connectivity index (χ0n) is 11.7. The van der Waals surface area contributed by atoms with Crippen molar-refractivity contribution in [2.24, 2.45) is 5.92 Å². The molecular weight excluding hydrogens is 226 g/mol. The fourth-order valence-electron chi connectivity index (χ4n) is 1.69. The second kappa shape index (κ2) is 6.99. The van der Waals surface area contributed by atoms with Crippen molar-refractivity contribution in [3.63, 3.8) is 0 Å². The molecule has 0 aliphatic heterocycles. The minimum Gasteiger partial charge on any atom is -0.387 e. The summed E-state index contributed by atoms with van der Waals surface area (Å²) >= 11 is 0. The van der Waals surface area contributed by atoms with Crippen molar-refractivity contribution in [2.45, 2.75) is 27.2 Å². The van der Waals surface area contributed by atoms with Crippen LogP contribution in [0, 0.1) is 5.92 Å². The third-order valence-electron chi connectivity index (χ3n) is 3.17. The highest BCUT2D eigenvalue weighted by atomic mass is 16.2. The average molecular weight is 249 g/mol. The lowest BCUT2D eigenvalue weighted by Gasteiger charge is -2.23. The van der Waals surface area contributed by atoms with Gasteiger partial charge in [0.05, 0.1) is 11.9 Å². The highest BCUT2D eigenvalue weighted by Crippen LogP contribution is 2.10. The minimum absolute atomic E-state index is 0.0143. The summed E-state index contributed by atoms with van der Waals surface area (Å²) in [5.74, 6) is 0.533. The summed E-state index contributed by atoms with van der Waals surface area (Å²) in [6.45, 7) is 7.82. The number of nitrogens with zero attached hydrogens (tertiary/aromatic N) is 2. The molecule has 0 saturated heterocycles. The molecule has 1 aromatic rings. The smallest absolute Gasteiger partial charge is 0.272 e. The van der Waals surface area contributed by atoms with Gasteiger partial charge in [0.15, 0.2) is 0 Å². The molecule has 1 unspecified atom stereocenters. The molecule has 4 heteroatoms. The molecule has 1 atom stereocenters. The molecule has 1 rings (SSSR count). The van der Waals surface area contributed by atoms with Gasteiger partial charge in [0.1, 0.15) is 5.69 Å². The fourth-order valence-corrected chi connectivity index (χ4v) is 1.69. The topological polar surface area (TPSA) is 45.2 Å². The lowest BCUT2D eigenvalue weighted by molar-refractivity contribution is 0.0735. The molecule has 1 aromatic heterocycles. The molecule has 0 radical (unpaired) electrons. The summed E-state index contributed by atoms with van der Waals surface area (Å²) in [5.41, 5.74) is 1.43. The molecule has 0 spiro atoms. The number of nitrogens with one attached hydrogen (secondary N) is 1. The Labute approximate surface area is 109 Å². The van der Waals surface area contributed by atoms with E-state index in [0.717, 1.165) is 25.2 Å². The molecule has 0 fully saturated rings. The number of hydrogen-bond acceptors (Lipinski definition) is 3. The Kier molecular flexibility index (Phi) is 5.62. The Morgan fingerprint density at radius 1 is 1.44 bits per heavy atom. The van der Waals surface area contributed by atoms with Gasteiger partial charge >= 0.3 is 0 Å². The number of anilines is 1. The van der Waals surface area contributed by atoms with Gasteiger partial charge in [-0.3, -0.25) is 4.79 Å². The summed E-state index contributed by atoms with van der Waals surface area (Å²) in [5, 5.41) is 2.99. The monoisotopic (exact) mass is 249 g/mol. The third-order valence-corrected chi connectivity index (χ3v) is 3.17. The fraction of sp³-hybridized carbons (Fsp3) is 0.571. The van der Waals surface area contributed by atoms with Crippen LogP contribution in [0.1, 0.15) is 37.7 Å². The van der Waals surface area contributed by atoms with E-state index in [1.54, 1.807) is 12.3 Å². The van der Waals surface area contributed by atoms with Crippen LogP contribution in [-0.4, -0.2) is 35.9 Å². The molecule has 4 nitrogen and oxygen atoms in total. The molecule has 18 heavy (non-hydrogen) atoms. The van der Waals surface area contributed by atoms with Crippen LogP contribution < -0.4 is 5.32 Å². The zero-order valence-corrected chi connectivity index (χ0v) is 11.7. The number of amides is 1. The maximum Gasteiger partial charge on any atom is 0.272 e. The molecule has 100 valence electrons. The van der Waals surface area contributed by atoms with E-state index < -0.39 is 0 Å². The van der Waals surface area contributed by atoms with Crippen molar-refractivity contribution >= 4 is 11.6 Å². The first-order chi connectivity index (χ1) is 8.62. The first kappa shape index (κ1) is 14.5. The molecule has 0 saturated carbocycles. The van der Waals surface area contributed by atoms with E-state index >= 15 is 0 Å². The van der Waals surface area contributed by atoms with Crippen LogP contribution >= 0.6 is 0 Å². The van der Waals surface area contributed by atoms with Crippen LogP contribution in [-0.2, 0) is 0 Å². The normalized spacial score (nSPS) is 12.0. The molecule has 0 aromatic carbocycles. The predicted molar refractivity (Wildman–Crippen MR) is 74.8 cm³/mol. The summed E-state index contributed by atoms with van der Waals surface area (Å²) in [6, 6.07) is 3.64. The minimum atomic E-state index is 0.0143. The maximum atomic E-state index is 12.3. The summed E-state index contributed by atoms with van der Waals surface area (Å²) < 4.78 is 0. The van der Waals surface area contributed by atoms with Crippen molar-refractivity contribution in [3.8, 4) is 0 Å². The van der Waals surface area contributed by atoms with Crippen LogP contribution in [0.4, 0.5) is 5.69 Å². The SMILES string of the molecule is CCC(C)CN(CC)C(=O)c1ccc(NC)cn1. The lowest BCUT2D eigenvalue weighted by Crippen LogP contribution is -2.35. The molecule has 0 aliphatic carbocycles. The van der Waals surface area contributed by atoms with Gasteiger partial charge in [-0.15, -0.1) is 0 Å². The van der Waals surface area contributed by atoms with E-state index in [4.69, 9.17) is 0 Å². The van der Waals surface area contributed by atoms with Crippen LogP contribution in [0.3, 0.4) is 0 Å². The lowest BCUT2D eigenvalue weighted by atomic mass is 10.1. The van der Waals surface area contributed by atoms with Gasteiger partial charge in [-0.25, -0.2) is 4.98 Å². The van der Waals surface area contributed by atoms with E-state index in [1.165, 1.54) is 0 Å². The highest BCUT2D eigenvalue weighted by molar-refractivity contribution is 5.92. The van der Waals surface area contributed by atoms with Crippen molar-refractivity contribution in [3.05, 3.63) is 24.0 Å². The number of carbonyl (C=O) groups is 1. The summed E-state index contributed by atoms with van der Waals surface area (Å²) in [4.78, 5) is 18.3. The summed E-state index contributed by atoms with van der Waals surface area (Å²) in [7, 11) is 1.83. The largest absolute Gasteiger partial charge is 0.387 e. The third kappa shape index (κ3) is 3.72. The van der Waals surface area contributed by atoms with Crippen molar-refractivity contribution in [1.82, 2.24) is 9.88 Å². The number of hydrogen-bond donors (Lipinski definition) is 1. The Hall–Kier alpha value is -1.58. The van der Waals surface area contributed by atoms with Crippen LogP contribution in [0.25, 0.3) is 0 Å². The van der Waals surface area contributed by atoms with Crippen LogP contribution in [0.15, 0.2) is 18.3 Å². The molecule has 1 amide bonds. The Balaban J connectivity index is 2.76. The van der Waals surface area contributed by atoms with Gasteiger partial charge < -0.3 is 10.2 Å². The first-order valence-electron chi connectivity index (χ1n) is 6.55. The average Bonchev–Trinajstić information content (AvgIpc) is 2.43. The van der Waals surface area contributed by atoms with E-state index in [0.29, 0.717) is 11.6 Å². The van der Waals surface area contributed by atoms with Gasteiger partial charge in [0, 0.05) is 20.1 Å². The summed E-state index contributed by atoms with van der Waals surface area (Å²) in [6.07, 6.45) is 2.76. The standard InChI is InChI=1S/C14H23N3O/c1-5-11(3)10-17(6-2)14(18)13-8-7-12(15-4)9-16-13/h7-9,11,15H,5-6,10H2,1-4H3. The predicted octanol–water partition coefficient (Wildman–Crippen LogP) is 2.63. The molecule has 0 bridgehead atoms. The maximum absolute atomic E-state index is 12.3. The Morgan fingerprint density at radius 2 is 2.17 bits per heavy atom. The van der Waals surface area contributed by atoms with E-state index in [9.17, 15) is 4.79 Å².